The third-order valence-electron chi connectivity index (χ3n) is 2.38. The zero-order valence-electron chi connectivity index (χ0n) is 12.0. The first kappa shape index (κ1) is 15.7. The molecular weight excluding hydrogens is 244 g/mol. The van der Waals surface area contributed by atoms with Gasteiger partial charge >= 0.3 is 0 Å². The van der Waals surface area contributed by atoms with E-state index in [0.29, 0.717) is 12.4 Å². The molecule has 0 unspecified atom stereocenters. The number of hydrogen-bond acceptors (Lipinski definition) is 6. The lowest BCUT2D eigenvalue weighted by Crippen LogP contribution is -2.10. The van der Waals surface area contributed by atoms with E-state index in [1.807, 2.05) is 19.9 Å². The van der Waals surface area contributed by atoms with Crippen molar-refractivity contribution in [2.45, 2.75) is 26.9 Å². The third-order valence-corrected chi connectivity index (χ3v) is 2.38. The van der Waals surface area contributed by atoms with Crippen molar-refractivity contribution in [3.63, 3.8) is 0 Å². The molecule has 0 aliphatic carbocycles. The Morgan fingerprint density at radius 1 is 1.16 bits per heavy atom. The minimum atomic E-state index is 0.410. The summed E-state index contributed by atoms with van der Waals surface area (Å²) in [5.74, 6) is 2.31. The van der Waals surface area contributed by atoms with Gasteiger partial charge in [-0.05, 0) is 20.3 Å². The van der Waals surface area contributed by atoms with Gasteiger partial charge < -0.3 is 20.1 Å². The topological polar surface area (TPSA) is 68.3 Å². The highest BCUT2D eigenvalue weighted by molar-refractivity contribution is 5.47. The summed E-state index contributed by atoms with van der Waals surface area (Å²) in [6.07, 6.45) is 0.952. The summed E-state index contributed by atoms with van der Waals surface area (Å²) in [5.41, 5.74) is 0. The Kier molecular flexibility index (Phi) is 7.84. The molecule has 0 saturated carbocycles. The van der Waals surface area contributed by atoms with Gasteiger partial charge in [0, 0.05) is 39.5 Å². The predicted octanol–water partition coefficient (Wildman–Crippen LogP) is 1.89. The van der Waals surface area contributed by atoms with Crippen molar-refractivity contribution in [2.75, 3.05) is 44.0 Å². The fraction of sp³-hybridized carbons (Fsp3) is 0.692. The first-order valence-corrected chi connectivity index (χ1v) is 6.72. The SMILES string of the molecule is CCNc1cc(NCCCOCC)nc(COC)n1. The van der Waals surface area contributed by atoms with Crippen LogP contribution in [0, 0.1) is 0 Å². The highest BCUT2D eigenvalue weighted by Gasteiger charge is 2.03. The van der Waals surface area contributed by atoms with E-state index in [0.717, 1.165) is 44.4 Å². The number of nitrogens with one attached hydrogen (secondary N) is 2. The van der Waals surface area contributed by atoms with Crippen LogP contribution in [0.5, 0.6) is 0 Å². The van der Waals surface area contributed by atoms with Gasteiger partial charge in [0.25, 0.3) is 0 Å². The highest BCUT2D eigenvalue weighted by Crippen LogP contribution is 2.11. The molecule has 0 saturated heterocycles. The Balaban J connectivity index is 2.54. The van der Waals surface area contributed by atoms with Crippen LogP contribution >= 0.6 is 0 Å². The molecule has 1 heterocycles. The van der Waals surface area contributed by atoms with Gasteiger partial charge in [-0.3, -0.25) is 0 Å². The molecule has 0 amide bonds. The highest BCUT2D eigenvalue weighted by atomic mass is 16.5. The average Bonchev–Trinajstić information content (AvgIpc) is 2.39. The average molecular weight is 268 g/mol. The number of ether oxygens (including phenoxy) is 2. The van der Waals surface area contributed by atoms with Gasteiger partial charge in [-0.2, -0.15) is 0 Å². The van der Waals surface area contributed by atoms with E-state index >= 15 is 0 Å². The quantitative estimate of drug-likeness (QED) is 0.632. The molecular formula is C13H24N4O2. The predicted molar refractivity (Wildman–Crippen MR) is 76.5 cm³/mol. The summed E-state index contributed by atoms with van der Waals surface area (Å²) in [6, 6.07) is 1.91. The maximum Gasteiger partial charge on any atom is 0.158 e. The fourth-order valence-electron chi connectivity index (χ4n) is 1.59. The Labute approximate surface area is 114 Å². The Bertz CT molecular complexity index is 336. The van der Waals surface area contributed by atoms with Crippen molar-refractivity contribution in [1.29, 1.82) is 0 Å². The molecule has 0 aliphatic heterocycles. The smallest absolute Gasteiger partial charge is 0.158 e. The number of hydrogen-bond donors (Lipinski definition) is 2. The standard InChI is InChI=1S/C13H24N4O2/c1-4-14-11-9-12(15-7-6-8-19-5-2)17-13(16-11)10-18-3/h9H,4-8,10H2,1-3H3,(H2,14,15,16,17). The molecule has 0 fully saturated rings. The Morgan fingerprint density at radius 3 is 2.53 bits per heavy atom. The first-order valence-electron chi connectivity index (χ1n) is 6.72. The summed E-state index contributed by atoms with van der Waals surface area (Å²) >= 11 is 0. The van der Waals surface area contributed by atoms with Crippen LogP contribution in [0.25, 0.3) is 0 Å². The monoisotopic (exact) mass is 268 g/mol. The summed E-state index contributed by atoms with van der Waals surface area (Å²) < 4.78 is 10.4. The van der Waals surface area contributed by atoms with Crippen molar-refractivity contribution in [3.05, 3.63) is 11.9 Å². The largest absolute Gasteiger partial charge is 0.382 e. The molecule has 0 radical (unpaired) electrons. The van der Waals surface area contributed by atoms with Gasteiger partial charge in [-0.25, -0.2) is 9.97 Å². The van der Waals surface area contributed by atoms with Crippen LogP contribution in [0.4, 0.5) is 11.6 Å². The summed E-state index contributed by atoms with van der Waals surface area (Å²) in [6.45, 7) is 7.62. The molecule has 6 heteroatoms. The van der Waals surface area contributed by atoms with Gasteiger partial charge in [-0.1, -0.05) is 0 Å². The molecule has 0 spiro atoms. The zero-order valence-corrected chi connectivity index (χ0v) is 12.0. The van der Waals surface area contributed by atoms with Crippen LogP contribution in [0.15, 0.2) is 6.07 Å². The van der Waals surface area contributed by atoms with Crippen LogP contribution in [0.3, 0.4) is 0 Å². The Hall–Kier alpha value is -1.40. The summed E-state index contributed by atoms with van der Waals surface area (Å²) in [7, 11) is 1.64. The van der Waals surface area contributed by atoms with E-state index < -0.39 is 0 Å². The second-order valence-electron chi connectivity index (χ2n) is 4.00. The molecule has 1 aromatic heterocycles. The minimum Gasteiger partial charge on any atom is -0.382 e. The summed E-state index contributed by atoms with van der Waals surface area (Å²) in [5, 5.41) is 6.46. The fourth-order valence-corrected chi connectivity index (χ4v) is 1.59. The number of aromatic nitrogens is 2. The Morgan fingerprint density at radius 2 is 1.89 bits per heavy atom. The van der Waals surface area contributed by atoms with Crippen molar-refractivity contribution >= 4 is 11.6 Å². The minimum absolute atomic E-state index is 0.410. The second kappa shape index (κ2) is 9.52. The number of rotatable bonds is 10. The van der Waals surface area contributed by atoms with Gasteiger partial charge in [0.1, 0.15) is 18.2 Å². The maximum atomic E-state index is 5.29. The van der Waals surface area contributed by atoms with Crippen LogP contribution in [-0.2, 0) is 16.1 Å². The van der Waals surface area contributed by atoms with Crippen LogP contribution in [0.2, 0.25) is 0 Å². The van der Waals surface area contributed by atoms with Gasteiger partial charge in [0.2, 0.25) is 0 Å². The molecule has 108 valence electrons. The zero-order chi connectivity index (χ0) is 13.9. The number of anilines is 2. The van der Waals surface area contributed by atoms with E-state index in [-0.39, 0.29) is 0 Å². The second-order valence-corrected chi connectivity index (χ2v) is 4.00. The lowest BCUT2D eigenvalue weighted by Gasteiger charge is -2.10. The summed E-state index contributed by atoms with van der Waals surface area (Å²) in [4.78, 5) is 8.75. The first-order chi connectivity index (χ1) is 9.30. The van der Waals surface area contributed by atoms with Gasteiger partial charge in [-0.15, -0.1) is 0 Å². The van der Waals surface area contributed by atoms with Gasteiger partial charge in [0.15, 0.2) is 5.82 Å². The molecule has 6 nitrogen and oxygen atoms in total. The lowest BCUT2D eigenvalue weighted by molar-refractivity contribution is 0.147. The number of methoxy groups -OCH3 is 1. The molecule has 2 N–H and O–H groups in total. The van der Waals surface area contributed by atoms with Crippen LogP contribution in [0.1, 0.15) is 26.1 Å². The normalized spacial score (nSPS) is 10.5. The number of nitrogens with zero attached hydrogens (tertiary/aromatic N) is 2. The van der Waals surface area contributed by atoms with E-state index in [2.05, 4.69) is 20.6 Å². The van der Waals surface area contributed by atoms with Crippen LogP contribution in [-0.4, -0.2) is 43.4 Å². The molecule has 0 aromatic carbocycles. The van der Waals surface area contributed by atoms with E-state index in [1.54, 1.807) is 7.11 Å². The van der Waals surface area contributed by atoms with Crippen molar-refractivity contribution in [3.8, 4) is 0 Å². The van der Waals surface area contributed by atoms with E-state index in [4.69, 9.17) is 9.47 Å². The maximum absolute atomic E-state index is 5.29. The van der Waals surface area contributed by atoms with Crippen molar-refractivity contribution < 1.29 is 9.47 Å². The van der Waals surface area contributed by atoms with Crippen molar-refractivity contribution in [1.82, 2.24) is 9.97 Å². The van der Waals surface area contributed by atoms with E-state index in [1.165, 1.54) is 0 Å². The molecule has 0 atom stereocenters. The lowest BCUT2D eigenvalue weighted by atomic mass is 10.4. The van der Waals surface area contributed by atoms with E-state index in [9.17, 15) is 0 Å². The third kappa shape index (κ3) is 6.35. The molecule has 19 heavy (non-hydrogen) atoms. The molecule has 0 bridgehead atoms. The van der Waals surface area contributed by atoms with Crippen LogP contribution < -0.4 is 10.6 Å². The molecule has 1 rings (SSSR count). The molecule has 1 aromatic rings. The van der Waals surface area contributed by atoms with Gasteiger partial charge in [0.05, 0.1) is 0 Å². The van der Waals surface area contributed by atoms with Crippen molar-refractivity contribution in [2.24, 2.45) is 0 Å². The molecule has 0 aliphatic rings.